The van der Waals surface area contributed by atoms with Gasteiger partial charge in [-0.2, -0.15) is 5.10 Å². The highest BCUT2D eigenvalue weighted by Gasteiger charge is 2.10. The van der Waals surface area contributed by atoms with Crippen molar-refractivity contribution < 1.29 is 9.53 Å². The summed E-state index contributed by atoms with van der Waals surface area (Å²) in [5, 5.41) is 7.58. The number of hydrogen-bond acceptors (Lipinski definition) is 4. The normalized spacial score (nSPS) is 12.1. The SMILES string of the molecule is COC(=O)CC(C)NCc1ccccc1-n1cccn1. The number of esters is 1. The lowest BCUT2D eigenvalue weighted by Crippen LogP contribution is -2.28. The average molecular weight is 273 g/mol. The van der Waals surface area contributed by atoms with Crippen molar-refractivity contribution in [3.8, 4) is 5.69 Å². The number of carbonyl (C=O) groups is 1. The predicted molar refractivity (Wildman–Crippen MR) is 76.5 cm³/mol. The number of methoxy groups -OCH3 is 1. The highest BCUT2D eigenvalue weighted by Crippen LogP contribution is 2.13. The summed E-state index contributed by atoms with van der Waals surface area (Å²) in [7, 11) is 1.40. The molecular weight excluding hydrogens is 254 g/mol. The third-order valence-electron chi connectivity index (χ3n) is 3.08. The molecule has 1 unspecified atom stereocenters. The lowest BCUT2D eigenvalue weighted by atomic mass is 10.1. The molecular formula is C15H19N3O2. The molecule has 5 nitrogen and oxygen atoms in total. The summed E-state index contributed by atoms with van der Waals surface area (Å²) >= 11 is 0. The molecule has 0 fully saturated rings. The van der Waals surface area contributed by atoms with E-state index in [1.54, 1.807) is 6.20 Å². The second-order valence-corrected chi connectivity index (χ2v) is 4.64. The van der Waals surface area contributed by atoms with Crippen LogP contribution < -0.4 is 5.32 Å². The van der Waals surface area contributed by atoms with Crippen LogP contribution in [0.3, 0.4) is 0 Å². The molecule has 2 rings (SSSR count). The molecule has 0 aliphatic rings. The van der Waals surface area contributed by atoms with Crippen LogP contribution in [-0.2, 0) is 16.1 Å². The molecule has 0 saturated heterocycles. The van der Waals surface area contributed by atoms with E-state index < -0.39 is 0 Å². The Morgan fingerprint density at radius 3 is 2.90 bits per heavy atom. The number of nitrogens with zero attached hydrogens (tertiary/aromatic N) is 2. The number of benzene rings is 1. The first-order valence-electron chi connectivity index (χ1n) is 6.59. The van der Waals surface area contributed by atoms with Crippen LogP contribution in [0.5, 0.6) is 0 Å². The number of nitrogens with one attached hydrogen (secondary N) is 1. The first kappa shape index (κ1) is 14.3. The highest BCUT2D eigenvalue weighted by atomic mass is 16.5. The molecule has 0 saturated carbocycles. The van der Waals surface area contributed by atoms with Crippen LogP contribution in [0.15, 0.2) is 42.7 Å². The van der Waals surface area contributed by atoms with E-state index >= 15 is 0 Å². The number of aromatic nitrogens is 2. The Kier molecular flexibility index (Phi) is 4.90. The van der Waals surface area contributed by atoms with E-state index in [1.807, 2.05) is 42.1 Å². The maximum atomic E-state index is 11.2. The fraction of sp³-hybridized carbons (Fsp3) is 0.333. The lowest BCUT2D eigenvalue weighted by molar-refractivity contribution is -0.141. The zero-order valence-electron chi connectivity index (χ0n) is 11.7. The zero-order valence-corrected chi connectivity index (χ0v) is 11.7. The topological polar surface area (TPSA) is 56.1 Å². The monoisotopic (exact) mass is 273 g/mol. The van der Waals surface area contributed by atoms with Crippen molar-refractivity contribution in [1.29, 1.82) is 0 Å². The quantitative estimate of drug-likeness (QED) is 0.817. The van der Waals surface area contributed by atoms with Gasteiger partial charge in [-0.25, -0.2) is 4.68 Å². The molecule has 0 spiro atoms. The van der Waals surface area contributed by atoms with Crippen molar-refractivity contribution in [1.82, 2.24) is 15.1 Å². The minimum atomic E-state index is -0.203. The Hall–Kier alpha value is -2.14. The molecule has 0 aliphatic heterocycles. The number of rotatable bonds is 6. The molecule has 1 aromatic heterocycles. The number of hydrogen-bond donors (Lipinski definition) is 1. The fourth-order valence-electron chi connectivity index (χ4n) is 1.98. The molecule has 106 valence electrons. The fourth-order valence-corrected chi connectivity index (χ4v) is 1.98. The van der Waals surface area contributed by atoms with Gasteiger partial charge in [0.2, 0.25) is 0 Å². The van der Waals surface area contributed by atoms with Gasteiger partial charge < -0.3 is 10.1 Å². The Labute approximate surface area is 118 Å². The van der Waals surface area contributed by atoms with Crippen molar-refractivity contribution in [3.63, 3.8) is 0 Å². The minimum absolute atomic E-state index is 0.0631. The largest absolute Gasteiger partial charge is 0.469 e. The minimum Gasteiger partial charge on any atom is -0.469 e. The molecule has 1 aromatic carbocycles. The van der Waals surface area contributed by atoms with Gasteiger partial charge in [0.15, 0.2) is 0 Å². The van der Waals surface area contributed by atoms with Gasteiger partial charge in [-0.05, 0) is 24.6 Å². The van der Waals surface area contributed by atoms with Gasteiger partial charge in [0, 0.05) is 25.0 Å². The summed E-state index contributed by atoms with van der Waals surface area (Å²) in [6, 6.07) is 10.0. The standard InChI is InChI=1S/C15H19N3O2/c1-12(10-15(19)20-2)16-11-13-6-3-4-7-14(13)18-9-5-8-17-18/h3-9,12,16H,10-11H2,1-2H3. The summed E-state index contributed by atoms with van der Waals surface area (Å²) in [6.07, 6.45) is 4.03. The van der Waals surface area contributed by atoms with Crippen LogP contribution in [0.1, 0.15) is 18.9 Å². The van der Waals surface area contributed by atoms with Crippen molar-refractivity contribution in [2.24, 2.45) is 0 Å². The number of para-hydroxylation sites is 1. The Morgan fingerprint density at radius 2 is 2.20 bits per heavy atom. The van der Waals surface area contributed by atoms with E-state index in [9.17, 15) is 4.79 Å². The van der Waals surface area contributed by atoms with E-state index in [1.165, 1.54) is 7.11 Å². The molecule has 1 heterocycles. The van der Waals surface area contributed by atoms with Crippen LogP contribution in [0.4, 0.5) is 0 Å². The van der Waals surface area contributed by atoms with Crippen molar-refractivity contribution in [3.05, 3.63) is 48.3 Å². The second kappa shape index (κ2) is 6.86. The van der Waals surface area contributed by atoms with Gasteiger partial charge >= 0.3 is 5.97 Å². The van der Waals surface area contributed by atoms with Gasteiger partial charge in [-0.3, -0.25) is 4.79 Å². The molecule has 2 aromatic rings. The Balaban J connectivity index is 2.02. The molecule has 1 atom stereocenters. The van der Waals surface area contributed by atoms with E-state index in [-0.39, 0.29) is 12.0 Å². The first-order chi connectivity index (χ1) is 9.70. The lowest BCUT2D eigenvalue weighted by Gasteiger charge is -2.15. The second-order valence-electron chi connectivity index (χ2n) is 4.64. The molecule has 0 aliphatic carbocycles. The summed E-state index contributed by atoms with van der Waals surface area (Å²) in [5.41, 5.74) is 2.17. The molecule has 5 heteroatoms. The van der Waals surface area contributed by atoms with Crippen LogP contribution in [0, 0.1) is 0 Å². The van der Waals surface area contributed by atoms with E-state index in [0.717, 1.165) is 11.3 Å². The molecule has 20 heavy (non-hydrogen) atoms. The Bertz CT molecular complexity index is 552. The van der Waals surface area contributed by atoms with E-state index in [0.29, 0.717) is 13.0 Å². The van der Waals surface area contributed by atoms with E-state index in [2.05, 4.69) is 21.2 Å². The summed E-state index contributed by atoms with van der Waals surface area (Å²) in [5.74, 6) is -0.203. The highest BCUT2D eigenvalue weighted by molar-refractivity contribution is 5.69. The van der Waals surface area contributed by atoms with Crippen molar-refractivity contribution in [2.75, 3.05) is 7.11 Å². The van der Waals surface area contributed by atoms with Gasteiger partial charge in [-0.1, -0.05) is 18.2 Å². The Morgan fingerprint density at radius 1 is 1.40 bits per heavy atom. The smallest absolute Gasteiger partial charge is 0.307 e. The molecule has 1 N–H and O–H groups in total. The van der Waals surface area contributed by atoms with Gasteiger partial charge in [0.1, 0.15) is 0 Å². The third-order valence-corrected chi connectivity index (χ3v) is 3.08. The van der Waals surface area contributed by atoms with Crippen LogP contribution >= 0.6 is 0 Å². The third kappa shape index (κ3) is 3.68. The number of ether oxygens (including phenoxy) is 1. The average Bonchev–Trinajstić information content (AvgIpc) is 2.99. The van der Waals surface area contributed by atoms with Crippen molar-refractivity contribution in [2.45, 2.75) is 25.9 Å². The van der Waals surface area contributed by atoms with E-state index in [4.69, 9.17) is 0 Å². The summed E-state index contributed by atoms with van der Waals surface area (Å²) in [6.45, 7) is 2.64. The summed E-state index contributed by atoms with van der Waals surface area (Å²) in [4.78, 5) is 11.2. The maximum absolute atomic E-state index is 11.2. The number of carbonyl (C=O) groups excluding carboxylic acids is 1. The maximum Gasteiger partial charge on any atom is 0.307 e. The van der Waals surface area contributed by atoms with Crippen molar-refractivity contribution >= 4 is 5.97 Å². The van der Waals surface area contributed by atoms with Crippen LogP contribution in [0.2, 0.25) is 0 Å². The van der Waals surface area contributed by atoms with Gasteiger partial charge in [0.05, 0.1) is 19.2 Å². The molecule has 0 amide bonds. The zero-order chi connectivity index (χ0) is 14.4. The van der Waals surface area contributed by atoms with Gasteiger partial charge in [0.25, 0.3) is 0 Å². The molecule has 0 bridgehead atoms. The molecule has 0 radical (unpaired) electrons. The first-order valence-corrected chi connectivity index (χ1v) is 6.59. The van der Waals surface area contributed by atoms with Crippen LogP contribution in [-0.4, -0.2) is 28.9 Å². The predicted octanol–water partition coefficient (Wildman–Crippen LogP) is 1.91. The van der Waals surface area contributed by atoms with Crippen LogP contribution in [0.25, 0.3) is 5.69 Å². The van der Waals surface area contributed by atoms with Gasteiger partial charge in [-0.15, -0.1) is 0 Å². The summed E-state index contributed by atoms with van der Waals surface area (Å²) < 4.78 is 6.50.